The highest BCUT2D eigenvalue weighted by molar-refractivity contribution is 5.96. The highest BCUT2D eigenvalue weighted by Crippen LogP contribution is 2.49. The van der Waals surface area contributed by atoms with Crippen molar-refractivity contribution in [1.82, 2.24) is 0 Å². The molecule has 3 rings (SSSR count). The summed E-state index contributed by atoms with van der Waals surface area (Å²) < 4.78 is 5.22. The van der Waals surface area contributed by atoms with Crippen LogP contribution in [0.25, 0.3) is 0 Å². The average molecular weight is 291 g/mol. The van der Waals surface area contributed by atoms with Gasteiger partial charge in [0.05, 0.1) is 16.7 Å². The van der Waals surface area contributed by atoms with Crippen molar-refractivity contribution in [3.05, 3.63) is 22.2 Å². The second-order valence-electron chi connectivity index (χ2n) is 5.67. The zero-order chi connectivity index (χ0) is 15.0. The third-order valence-corrected chi connectivity index (χ3v) is 4.29. The molecule has 0 radical (unpaired) electrons. The van der Waals surface area contributed by atoms with Gasteiger partial charge in [-0.15, -0.1) is 0 Å². The van der Waals surface area contributed by atoms with Gasteiger partial charge in [-0.2, -0.15) is 0 Å². The van der Waals surface area contributed by atoms with Crippen LogP contribution in [-0.2, 0) is 4.79 Å². The smallest absolute Gasteiger partial charge is 0.296 e. The number of nitrogens with zero attached hydrogens (tertiary/aromatic N) is 1. The summed E-state index contributed by atoms with van der Waals surface area (Å²) in [4.78, 5) is 22.1. The van der Waals surface area contributed by atoms with Crippen LogP contribution in [0.2, 0.25) is 0 Å². The highest BCUT2D eigenvalue weighted by Gasteiger charge is 2.40. The van der Waals surface area contributed by atoms with Crippen LogP contribution in [-0.4, -0.2) is 24.0 Å². The predicted molar refractivity (Wildman–Crippen MR) is 77.7 cm³/mol. The number of rotatable bonds is 5. The molecule has 1 fully saturated rings. The number of nitro benzene ring substituents is 1. The van der Waals surface area contributed by atoms with E-state index in [1.165, 1.54) is 6.07 Å². The Kier molecular flexibility index (Phi) is 3.19. The van der Waals surface area contributed by atoms with Crippen molar-refractivity contribution in [2.24, 2.45) is 5.41 Å². The minimum atomic E-state index is -0.437. The lowest BCUT2D eigenvalue weighted by molar-refractivity contribution is -0.384. The van der Waals surface area contributed by atoms with Gasteiger partial charge in [-0.3, -0.25) is 14.9 Å². The topological polar surface area (TPSA) is 93.5 Å². The van der Waals surface area contributed by atoms with Gasteiger partial charge in [0.2, 0.25) is 0 Å². The molecule has 1 heterocycles. The molecule has 0 spiro atoms. The molecule has 112 valence electrons. The van der Waals surface area contributed by atoms with E-state index in [0.29, 0.717) is 23.7 Å². The molecular weight excluding hydrogens is 274 g/mol. The summed E-state index contributed by atoms with van der Waals surface area (Å²) in [5.74, 6) is 0.0815. The molecule has 1 saturated carbocycles. The fraction of sp³-hybridized carbons (Fsp3) is 0.500. The molecule has 1 aliphatic carbocycles. The average Bonchev–Trinajstić information content (AvgIpc) is 3.24. The Morgan fingerprint density at radius 3 is 2.86 bits per heavy atom. The second kappa shape index (κ2) is 4.91. The maximum atomic E-state index is 11.3. The molecule has 1 aromatic rings. The van der Waals surface area contributed by atoms with Crippen LogP contribution < -0.4 is 15.4 Å². The van der Waals surface area contributed by atoms with E-state index in [1.54, 1.807) is 6.07 Å². The summed E-state index contributed by atoms with van der Waals surface area (Å²) in [6.45, 7) is 2.72. The van der Waals surface area contributed by atoms with Crippen LogP contribution in [0.15, 0.2) is 12.1 Å². The molecule has 2 aliphatic rings. The number of hydrogen-bond donors (Lipinski definition) is 2. The quantitative estimate of drug-likeness (QED) is 0.642. The Bertz CT molecular complexity index is 610. The molecule has 0 aromatic heterocycles. The van der Waals surface area contributed by atoms with E-state index in [-0.39, 0.29) is 23.6 Å². The van der Waals surface area contributed by atoms with Gasteiger partial charge in [0.15, 0.2) is 12.4 Å². The van der Waals surface area contributed by atoms with E-state index in [9.17, 15) is 14.9 Å². The van der Waals surface area contributed by atoms with Crippen molar-refractivity contribution in [2.75, 3.05) is 23.8 Å². The fourth-order valence-corrected chi connectivity index (χ4v) is 2.52. The molecule has 1 amide bonds. The molecular formula is C14H17N3O4. The zero-order valence-corrected chi connectivity index (χ0v) is 11.8. The van der Waals surface area contributed by atoms with E-state index in [1.807, 2.05) is 0 Å². The van der Waals surface area contributed by atoms with E-state index in [2.05, 4.69) is 17.6 Å². The maximum absolute atomic E-state index is 11.3. The number of nitrogens with one attached hydrogen (secondary N) is 2. The van der Waals surface area contributed by atoms with Crippen molar-refractivity contribution in [3.8, 4) is 5.75 Å². The maximum Gasteiger partial charge on any atom is 0.296 e. The summed E-state index contributed by atoms with van der Waals surface area (Å²) in [7, 11) is 0. The largest absolute Gasteiger partial charge is 0.481 e. The van der Waals surface area contributed by atoms with Crippen LogP contribution in [0.4, 0.5) is 17.1 Å². The normalized spacial score (nSPS) is 18.2. The number of hydrogen-bond acceptors (Lipinski definition) is 5. The van der Waals surface area contributed by atoms with Gasteiger partial charge in [-0.25, -0.2) is 0 Å². The lowest BCUT2D eigenvalue weighted by Gasteiger charge is -2.20. The molecule has 0 unspecified atom stereocenters. The summed E-state index contributed by atoms with van der Waals surface area (Å²) in [5, 5.41) is 17.0. The standard InChI is InChI=1S/C14H17N3O4/c1-2-14(3-4-14)8-15-9-5-10-12(6-11(9)17(19)20)21-7-13(18)16-10/h5-6,15H,2-4,7-8H2,1H3,(H,16,18). The van der Waals surface area contributed by atoms with Gasteiger partial charge < -0.3 is 15.4 Å². The van der Waals surface area contributed by atoms with Crippen molar-refractivity contribution in [3.63, 3.8) is 0 Å². The molecule has 0 atom stereocenters. The summed E-state index contributed by atoms with van der Waals surface area (Å²) in [5.41, 5.74) is 1.13. The molecule has 21 heavy (non-hydrogen) atoms. The van der Waals surface area contributed by atoms with Crippen molar-refractivity contribution >= 4 is 23.0 Å². The molecule has 1 aliphatic heterocycles. The zero-order valence-electron chi connectivity index (χ0n) is 11.8. The number of ether oxygens (including phenoxy) is 1. The lowest BCUT2D eigenvalue weighted by atomic mass is 10.0. The Labute approximate surface area is 121 Å². The van der Waals surface area contributed by atoms with E-state index >= 15 is 0 Å². The van der Waals surface area contributed by atoms with Crippen molar-refractivity contribution in [1.29, 1.82) is 0 Å². The Morgan fingerprint density at radius 2 is 2.24 bits per heavy atom. The monoisotopic (exact) mass is 291 g/mol. The molecule has 0 saturated heterocycles. The van der Waals surface area contributed by atoms with Gasteiger partial charge in [-0.05, 0) is 30.7 Å². The minimum absolute atomic E-state index is 0.0307. The minimum Gasteiger partial charge on any atom is -0.481 e. The second-order valence-corrected chi connectivity index (χ2v) is 5.67. The number of fused-ring (bicyclic) bond motifs is 1. The predicted octanol–water partition coefficient (Wildman–Crippen LogP) is 2.53. The number of benzene rings is 1. The third kappa shape index (κ3) is 2.63. The molecule has 0 bridgehead atoms. The highest BCUT2D eigenvalue weighted by atomic mass is 16.6. The lowest BCUT2D eigenvalue weighted by Crippen LogP contribution is -2.25. The number of carbonyl (C=O) groups is 1. The molecule has 7 nitrogen and oxygen atoms in total. The van der Waals surface area contributed by atoms with Gasteiger partial charge in [0.1, 0.15) is 5.69 Å². The number of nitro groups is 1. The SMILES string of the molecule is CCC1(CNc2cc3c(cc2[N+](=O)[O-])OCC(=O)N3)CC1. The van der Waals surface area contributed by atoms with Crippen LogP contribution in [0, 0.1) is 15.5 Å². The first-order chi connectivity index (χ1) is 10.0. The first-order valence-corrected chi connectivity index (χ1v) is 7.02. The first kappa shape index (κ1) is 13.7. The third-order valence-electron chi connectivity index (χ3n) is 4.29. The van der Waals surface area contributed by atoms with Crippen LogP contribution in [0.3, 0.4) is 0 Å². The summed E-state index contributed by atoms with van der Waals surface area (Å²) >= 11 is 0. The number of amides is 1. The van der Waals surface area contributed by atoms with Crippen molar-refractivity contribution < 1.29 is 14.5 Å². The van der Waals surface area contributed by atoms with Gasteiger partial charge in [-0.1, -0.05) is 6.92 Å². The van der Waals surface area contributed by atoms with E-state index in [4.69, 9.17) is 4.74 Å². The molecule has 2 N–H and O–H groups in total. The van der Waals surface area contributed by atoms with E-state index in [0.717, 1.165) is 19.3 Å². The first-order valence-electron chi connectivity index (χ1n) is 7.02. The van der Waals surface area contributed by atoms with Crippen LogP contribution in [0.5, 0.6) is 5.75 Å². The van der Waals surface area contributed by atoms with Crippen LogP contribution >= 0.6 is 0 Å². The number of anilines is 2. The van der Waals surface area contributed by atoms with Gasteiger partial charge >= 0.3 is 0 Å². The Balaban J connectivity index is 1.88. The van der Waals surface area contributed by atoms with Crippen molar-refractivity contribution in [2.45, 2.75) is 26.2 Å². The Hall–Kier alpha value is -2.31. The van der Waals surface area contributed by atoms with E-state index < -0.39 is 4.92 Å². The summed E-state index contributed by atoms with van der Waals surface area (Å²) in [6.07, 6.45) is 3.35. The fourth-order valence-electron chi connectivity index (χ4n) is 2.52. The number of carbonyl (C=O) groups excluding carboxylic acids is 1. The Morgan fingerprint density at radius 1 is 1.48 bits per heavy atom. The van der Waals surface area contributed by atoms with Gasteiger partial charge in [0.25, 0.3) is 11.6 Å². The summed E-state index contributed by atoms with van der Waals surface area (Å²) in [6, 6.07) is 2.94. The van der Waals surface area contributed by atoms with Crippen LogP contribution in [0.1, 0.15) is 26.2 Å². The van der Waals surface area contributed by atoms with Gasteiger partial charge in [0, 0.05) is 6.54 Å². The molecule has 1 aromatic carbocycles. The molecule has 7 heteroatoms.